The maximum atomic E-state index is 13.1. The topological polar surface area (TPSA) is 59.4 Å². The Hall–Kier alpha value is -3.11. The van der Waals surface area contributed by atoms with Crippen LogP contribution < -0.4 is 0 Å². The Kier molecular flexibility index (Phi) is 6.18. The Morgan fingerprint density at radius 3 is 2.69 bits per heavy atom. The first-order chi connectivity index (χ1) is 16.7. The van der Waals surface area contributed by atoms with Crippen LogP contribution in [0.4, 0.5) is 13.2 Å². The van der Waals surface area contributed by atoms with Crippen LogP contribution in [0.3, 0.4) is 0 Å². The van der Waals surface area contributed by atoms with E-state index in [1.807, 2.05) is 12.2 Å². The molecular formula is C28H26F3NO3. The molecule has 1 N–H and O–H groups in total. The number of fused-ring (bicyclic) bond motifs is 2. The number of carbonyl (C=O) groups is 1. The van der Waals surface area contributed by atoms with Gasteiger partial charge in [-0.2, -0.15) is 13.2 Å². The molecule has 1 aromatic heterocycles. The fourth-order valence-electron chi connectivity index (χ4n) is 6.18. The highest BCUT2D eigenvalue weighted by Gasteiger charge is 2.55. The van der Waals surface area contributed by atoms with Gasteiger partial charge in [0.2, 0.25) is 0 Å². The van der Waals surface area contributed by atoms with Gasteiger partial charge in [0.1, 0.15) is 0 Å². The van der Waals surface area contributed by atoms with Gasteiger partial charge in [-0.15, -0.1) is 6.42 Å². The van der Waals surface area contributed by atoms with Crippen LogP contribution in [0.2, 0.25) is 0 Å². The number of terminal acetylenes is 1. The van der Waals surface area contributed by atoms with Crippen molar-refractivity contribution in [1.29, 1.82) is 0 Å². The van der Waals surface area contributed by atoms with Crippen molar-refractivity contribution in [3.8, 4) is 23.5 Å². The second kappa shape index (κ2) is 9.16. The molecule has 3 aliphatic rings. The molecule has 2 aromatic rings. The van der Waals surface area contributed by atoms with Crippen molar-refractivity contribution >= 4 is 12.0 Å². The number of carbonyl (C=O) groups excluding carboxylic acids is 1. The molecule has 182 valence electrons. The number of halogens is 3. The van der Waals surface area contributed by atoms with E-state index in [-0.39, 0.29) is 35.7 Å². The number of rotatable bonds is 3. The molecular weight excluding hydrogens is 455 g/mol. The average Bonchev–Trinajstić information content (AvgIpc) is 3.17. The number of alkyl halides is 3. The van der Waals surface area contributed by atoms with Crippen molar-refractivity contribution in [2.75, 3.05) is 0 Å². The second-order valence-corrected chi connectivity index (χ2v) is 9.82. The molecule has 2 aliphatic carbocycles. The summed E-state index contributed by atoms with van der Waals surface area (Å²) in [5, 5.41) is 10.3. The molecule has 0 bridgehead atoms. The Labute approximate surface area is 202 Å². The van der Waals surface area contributed by atoms with E-state index in [4.69, 9.17) is 11.2 Å². The summed E-state index contributed by atoms with van der Waals surface area (Å²) in [4.78, 5) is 17.0. The van der Waals surface area contributed by atoms with Gasteiger partial charge in [-0.1, -0.05) is 30.2 Å². The molecule has 5 rings (SSSR count). The average molecular weight is 482 g/mol. The summed E-state index contributed by atoms with van der Waals surface area (Å²) in [6, 6.07) is 8.66. The van der Waals surface area contributed by atoms with E-state index in [1.165, 1.54) is 6.07 Å². The summed E-state index contributed by atoms with van der Waals surface area (Å²) in [7, 11) is 0. The molecule has 2 heterocycles. The number of pyridine rings is 1. The normalized spacial score (nSPS) is 32.5. The number of cyclic esters (lactones) is 1. The summed E-state index contributed by atoms with van der Waals surface area (Å²) < 4.78 is 44.7. The molecule has 0 amide bonds. The van der Waals surface area contributed by atoms with Crippen LogP contribution in [0.25, 0.3) is 17.2 Å². The summed E-state index contributed by atoms with van der Waals surface area (Å²) in [5.74, 6) is 2.52. The summed E-state index contributed by atoms with van der Waals surface area (Å²) in [6.07, 6.45) is 8.81. The second-order valence-electron chi connectivity index (χ2n) is 9.82. The SMILES string of the molecule is C#C[C@@H]1OC(=O)[C@H]2C[C@H]3CC[C@@H](O)C[C@@H]3[C@@H](/C=C/c3ccc(-c4cccc(C(F)(F)F)c4)cn3)[C@@H]12. The van der Waals surface area contributed by atoms with Crippen molar-refractivity contribution in [1.82, 2.24) is 4.98 Å². The predicted molar refractivity (Wildman–Crippen MR) is 124 cm³/mol. The standard InChI is InChI=1S/C28H26F3NO3/c1-2-25-26-22(23-14-21(33)10-7-17(23)13-24(26)27(34)35-25)11-9-20-8-6-18(15-32-20)16-4-3-5-19(12-16)28(29,30)31/h1,3-6,8-9,11-12,15,17,21-26,33H,7,10,13-14H2/b11-9+/t17-,21-,22-,23+,24+,25+,26-/m1/s1. The molecule has 3 fully saturated rings. The number of aliphatic hydroxyl groups is 1. The minimum Gasteiger partial charge on any atom is -0.449 e. The number of ether oxygens (including phenoxy) is 1. The summed E-state index contributed by atoms with van der Waals surface area (Å²) in [6.45, 7) is 0. The number of hydrogen-bond acceptors (Lipinski definition) is 4. The van der Waals surface area contributed by atoms with E-state index >= 15 is 0 Å². The Morgan fingerprint density at radius 1 is 1.14 bits per heavy atom. The maximum Gasteiger partial charge on any atom is 0.416 e. The molecule has 1 aliphatic heterocycles. The van der Waals surface area contributed by atoms with Gasteiger partial charge in [-0.3, -0.25) is 9.78 Å². The van der Waals surface area contributed by atoms with Crippen molar-refractivity contribution in [2.24, 2.45) is 29.6 Å². The van der Waals surface area contributed by atoms with Crippen molar-refractivity contribution < 1.29 is 27.8 Å². The van der Waals surface area contributed by atoms with Crippen LogP contribution in [-0.2, 0) is 15.7 Å². The highest BCUT2D eigenvalue weighted by atomic mass is 19.4. The molecule has 7 heteroatoms. The molecule has 35 heavy (non-hydrogen) atoms. The third-order valence-electron chi connectivity index (χ3n) is 7.84. The zero-order chi connectivity index (χ0) is 24.7. The number of allylic oxidation sites excluding steroid dienone is 1. The third-order valence-corrected chi connectivity index (χ3v) is 7.84. The van der Waals surface area contributed by atoms with E-state index in [9.17, 15) is 23.1 Å². The van der Waals surface area contributed by atoms with Crippen LogP contribution in [0.1, 0.15) is 36.9 Å². The minimum atomic E-state index is -4.41. The maximum absolute atomic E-state index is 13.1. The number of aromatic nitrogens is 1. The van der Waals surface area contributed by atoms with Gasteiger partial charge in [0, 0.05) is 17.7 Å². The van der Waals surface area contributed by atoms with Crippen molar-refractivity contribution in [2.45, 2.75) is 44.1 Å². The number of benzene rings is 1. The lowest BCUT2D eigenvalue weighted by molar-refractivity contribution is -0.143. The van der Waals surface area contributed by atoms with Gasteiger partial charge in [0.25, 0.3) is 0 Å². The summed E-state index contributed by atoms with van der Waals surface area (Å²) in [5.41, 5.74) is 0.976. The van der Waals surface area contributed by atoms with E-state index in [0.29, 0.717) is 29.2 Å². The van der Waals surface area contributed by atoms with Crippen LogP contribution in [-0.4, -0.2) is 28.3 Å². The van der Waals surface area contributed by atoms with Gasteiger partial charge >= 0.3 is 12.1 Å². The van der Waals surface area contributed by atoms with E-state index < -0.39 is 17.8 Å². The van der Waals surface area contributed by atoms with E-state index in [0.717, 1.165) is 31.4 Å². The largest absolute Gasteiger partial charge is 0.449 e. The fourth-order valence-corrected chi connectivity index (χ4v) is 6.18. The first-order valence-electron chi connectivity index (χ1n) is 11.9. The van der Waals surface area contributed by atoms with Crippen molar-refractivity contribution in [3.05, 3.63) is 59.9 Å². The van der Waals surface area contributed by atoms with Crippen molar-refractivity contribution in [3.63, 3.8) is 0 Å². The Morgan fingerprint density at radius 2 is 1.97 bits per heavy atom. The number of hydrogen-bond donors (Lipinski definition) is 1. The number of aliphatic hydroxyl groups excluding tert-OH is 1. The van der Waals surface area contributed by atoms with Gasteiger partial charge in [0.15, 0.2) is 6.10 Å². The monoisotopic (exact) mass is 481 g/mol. The molecule has 1 saturated heterocycles. The molecule has 7 atom stereocenters. The molecule has 0 spiro atoms. The zero-order valence-electron chi connectivity index (χ0n) is 19.0. The number of nitrogens with zero attached hydrogens (tertiary/aromatic N) is 1. The molecule has 0 radical (unpaired) electrons. The summed E-state index contributed by atoms with van der Waals surface area (Å²) >= 11 is 0. The van der Waals surface area contributed by atoms with Crippen LogP contribution in [0.15, 0.2) is 48.7 Å². The first kappa shape index (κ1) is 23.6. The highest BCUT2D eigenvalue weighted by Crippen LogP contribution is 2.53. The van der Waals surface area contributed by atoms with Gasteiger partial charge in [0.05, 0.1) is 23.3 Å². The van der Waals surface area contributed by atoms with Gasteiger partial charge in [-0.25, -0.2) is 0 Å². The lowest BCUT2D eigenvalue weighted by atomic mass is 9.57. The van der Waals surface area contributed by atoms with Crippen LogP contribution in [0, 0.1) is 41.9 Å². The minimum absolute atomic E-state index is 0.0360. The zero-order valence-corrected chi connectivity index (χ0v) is 19.0. The van der Waals surface area contributed by atoms with E-state index in [2.05, 4.69) is 10.9 Å². The third kappa shape index (κ3) is 4.60. The first-order valence-corrected chi connectivity index (χ1v) is 11.9. The molecule has 0 unspecified atom stereocenters. The number of esters is 1. The highest BCUT2D eigenvalue weighted by molar-refractivity contribution is 5.76. The van der Waals surface area contributed by atoms with Gasteiger partial charge < -0.3 is 9.84 Å². The lowest BCUT2D eigenvalue weighted by Crippen LogP contribution is -2.45. The Balaban J connectivity index is 1.40. The predicted octanol–water partition coefficient (Wildman–Crippen LogP) is 5.37. The smallest absolute Gasteiger partial charge is 0.416 e. The Bertz CT molecular complexity index is 1170. The van der Waals surface area contributed by atoms with E-state index in [1.54, 1.807) is 24.4 Å². The lowest BCUT2D eigenvalue weighted by Gasteiger charge is -2.46. The molecule has 1 aromatic carbocycles. The quantitative estimate of drug-likeness (QED) is 0.473. The van der Waals surface area contributed by atoms with Crippen LogP contribution in [0.5, 0.6) is 0 Å². The molecule has 2 saturated carbocycles. The van der Waals surface area contributed by atoms with Gasteiger partial charge in [-0.05, 0) is 73.3 Å². The molecule has 4 nitrogen and oxygen atoms in total. The fraction of sp³-hybridized carbons (Fsp3) is 0.429. The van der Waals surface area contributed by atoms with Crippen LogP contribution >= 0.6 is 0 Å².